The lowest BCUT2D eigenvalue weighted by atomic mass is 9.88. The molecule has 0 bridgehead atoms. The van der Waals surface area contributed by atoms with Crippen LogP contribution in [0, 0.1) is 5.92 Å². The van der Waals surface area contributed by atoms with Crippen molar-refractivity contribution in [2.75, 3.05) is 18.4 Å². The van der Waals surface area contributed by atoms with Crippen molar-refractivity contribution in [2.24, 2.45) is 11.1 Å². The van der Waals surface area contributed by atoms with E-state index in [9.17, 15) is 18.3 Å². The lowest BCUT2D eigenvalue weighted by molar-refractivity contribution is 0.105. The van der Waals surface area contributed by atoms with Gasteiger partial charge in [0.15, 0.2) is 5.03 Å². The van der Waals surface area contributed by atoms with Crippen LogP contribution in [0.4, 0.5) is 10.6 Å². The monoisotopic (exact) mass is 384 g/mol. The first-order chi connectivity index (χ1) is 12.2. The summed E-state index contributed by atoms with van der Waals surface area (Å²) in [7, 11) is -3.81. The van der Waals surface area contributed by atoms with E-state index < -0.39 is 16.1 Å². The summed E-state index contributed by atoms with van der Waals surface area (Å²) in [5.41, 5.74) is -0.274. The predicted molar refractivity (Wildman–Crippen MR) is 99.5 cm³/mol. The summed E-state index contributed by atoms with van der Waals surface area (Å²) >= 11 is 0. The number of rotatable bonds is 8. The Bertz CT molecular complexity index is 740. The van der Waals surface area contributed by atoms with Gasteiger partial charge in [0.05, 0.1) is 0 Å². The summed E-state index contributed by atoms with van der Waals surface area (Å²) in [5.74, 6) is 0.805. The van der Waals surface area contributed by atoms with Crippen LogP contribution in [-0.2, 0) is 10.0 Å². The fraction of sp³-hybridized carbons (Fsp3) is 0.647. The highest BCUT2D eigenvalue weighted by Crippen LogP contribution is 2.38. The molecule has 1 aromatic rings. The lowest BCUT2D eigenvalue weighted by Gasteiger charge is -2.32. The Balaban J connectivity index is 1.84. The number of pyridine rings is 1. The van der Waals surface area contributed by atoms with Gasteiger partial charge in [-0.05, 0) is 50.7 Å². The maximum atomic E-state index is 11.5. The number of carbonyl (C=O) groups is 1. The molecule has 26 heavy (non-hydrogen) atoms. The zero-order valence-corrected chi connectivity index (χ0v) is 16.1. The molecule has 2 rings (SSSR count). The average Bonchev–Trinajstić information content (AvgIpc) is 2.88. The molecule has 146 valence electrons. The lowest BCUT2D eigenvalue weighted by Crippen LogP contribution is -2.44. The van der Waals surface area contributed by atoms with E-state index in [1.807, 2.05) is 6.92 Å². The highest BCUT2D eigenvalue weighted by Gasteiger charge is 2.43. The minimum Gasteiger partial charge on any atom is -0.465 e. The van der Waals surface area contributed by atoms with E-state index in [4.69, 9.17) is 5.14 Å². The molecule has 9 heteroatoms. The smallest absolute Gasteiger partial charge is 0.407 e. The number of amides is 1. The number of sulfonamides is 1. The van der Waals surface area contributed by atoms with Gasteiger partial charge in [-0.1, -0.05) is 19.4 Å². The normalized spacial score (nSPS) is 23.2. The summed E-state index contributed by atoms with van der Waals surface area (Å²) in [6.07, 6.45) is 3.63. The van der Waals surface area contributed by atoms with Crippen molar-refractivity contribution in [3.05, 3.63) is 18.2 Å². The van der Waals surface area contributed by atoms with Crippen LogP contribution in [-0.4, -0.2) is 48.1 Å². The molecule has 0 saturated carbocycles. The molecule has 0 aromatic carbocycles. The van der Waals surface area contributed by atoms with Crippen molar-refractivity contribution in [1.82, 2.24) is 9.88 Å². The first kappa shape index (κ1) is 20.4. The van der Waals surface area contributed by atoms with E-state index in [2.05, 4.69) is 17.2 Å². The number of hydrogen-bond acceptors (Lipinski definition) is 5. The van der Waals surface area contributed by atoms with E-state index in [0.717, 1.165) is 32.1 Å². The van der Waals surface area contributed by atoms with Crippen LogP contribution in [0.15, 0.2) is 23.2 Å². The number of anilines is 1. The summed E-state index contributed by atoms with van der Waals surface area (Å²) in [6.45, 7) is 5.32. The topological polar surface area (TPSA) is 126 Å². The van der Waals surface area contributed by atoms with Crippen LogP contribution < -0.4 is 10.5 Å². The predicted octanol–water partition coefficient (Wildman–Crippen LogP) is 2.48. The molecular weight excluding hydrogens is 356 g/mol. The van der Waals surface area contributed by atoms with Crippen LogP contribution in [0.25, 0.3) is 0 Å². The van der Waals surface area contributed by atoms with E-state index >= 15 is 0 Å². The Labute approximate surface area is 154 Å². The van der Waals surface area contributed by atoms with Crippen molar-refractivity contribution in [3.63, 3.8) is 0 Å². The second kappa shape index (κ2) is 8.22. The third-order valence-corrected chi connectivity index (χ3v) is 5.76. The fourth-order valence-electron chi connectivity index (χ4n) is 3.83. The second-order valence-corrected chi connectivity index (χ2v) is 8.69. The van der Waals surface area contributed by atoms with Gasteiger partial charge in [0.25, 0.3) is 10.0 Å². The van der Waals surface area contributed by atoms with E-state index in [-0.39, 0.29) is 10.6 Å². The molecule has 2 unspecified atom stereocenters. The molecule has 0 radical (unpaired) electrons. The zero-order valence-electron chi connectivity index (χ0n) is 15.3. The van der Waals surface area contributed by atoms with Gasteiger partial charge in [0, 0.05) is 18.6 Å². The van der Waals surface area contributed by atoms with Gasteiger partial charge in [0.2, 0.25) is 0 Å². The maximum Gasteiger partial charge on any atom is 0.407 e. The van der Waals surface area contributed by atoms with Crippen molar-refractivity contribution in [1.29, 1.82) is 0 Å². The molecule has 2 heterocycles. The Kier molecular flexibility index (Phi) is 6.46. The number of aromatic nitrogens is 1. The minimum atomic E-state index is -3.81. The number of nitrogens with one attached hydrogen (secondary N) is 1. The van der Waals surface area contributed by atoms with Gasteiger partial charge >= 0.3 is 6.09 Å². The van der Waals surface area contributed by atoms with Crippen molar-refractivity contribution >= 4 is 21.9 Å². The number of carboxylic acid groups (broad SMARTS) is 1. The van der Waals surface area contributed by atoms with Crippen molar-refractivity contribution < 1.29 is 18.3 Å². The van der Waals surface area contributed by atoms with Crippen LogP contribution >= 0.6 is 0 Å². The van der Waals surface area contributed by atoms with Crippen molar-refractivity contribution in [3.8, 4) is 0 Å². The van der Waals surface area contributed by atoms with E-state index in [0.29, 0.717) is 24.8 Å². The number of hydrogen-bond donors (Lipinski definition) is 3. The standard InChI is InChI=1S/C17H28N4O4S/c1-3-9-17(2)11-13(12-21(17)16(22)23)6-5-10-19-14-7-4-8-15(20-14)26(18,24)25/h4,7-8,13H,3,5-6,9-12H2,1-2H3,(H,19,20)(H,22,23)(H2,18,24,25). The van der Waals surface area contributed by atoms with E-state index in [1.54, 1.807) is 17.0 Å². The number of primary sulfonamides is 1. The summed E-state index contributed by atoms with van der Waals surface area (Å²) in [5, 5.41) is 17.5. The second-order valence-electron chi connectivity index (χ2n) is 7.19. The van der Waals surface area contributed by atoms with Crippen molar-refractivity contribution in [2.45, 2.75) is 56.5 Å². The van der Waals surface area contributed by atoms with Gasteiger partial charge in [-0.2, -0.15) is 0 Å². The third-order valence-electron chi connectivity index (χ3n) is 4.95. The molecule has 1 amide bonds. The Morgan fingerprint density at radius 1 is 1.50 bits per heavy atom. The fourth-order valence-corrected chi connectivity index (χ4v) is 4.33. The Hall–Kier alpha value is -1.87. The highest BCUT2D eigenvalue weighted by atomic mass is 32.2. The summed E-state index contributed by atoms with van der Waals surface area (Å²) < 4.78 is 22.6. The van der Waals surface area contributed by atoms with Gasteiger partial charge < -0.3 is 15.3 Å². The number of nitrogens with zero attached hydrogens (tertiary/aromatic N) is 2. The van der Waals surface area contributed by atoms with Gasteiger partial charge in [-0.15, -0.1) is 0 Å². The molecule has 1 fully saturated rings. The summed E-state index contributed by atoms with van der Waals surface area (Å²) in [4.78, 5) is 17.1. The van der Waals surface area contributed by atoms with Gasteiger partial charge in [-0.25, -0.2) is 23.3 Å². The first-order valence-corrected chi connectivity index (χ1v) is 10.4. The van der Waals surface area contributed by atoms with Gasteiger partial charge in [-0.3, -0.25) is 0 Å². The number of likely N-dealkylation sites (tertiary alicyclic amines) is 1. The first-order valence-electron chi connectivity index (χ1n) is 8.90. The van der Waals surface area contributed by atoms with E-state index in [1.165, 1.54) is 6.07 Å². The van der Waals surface area contributed by atoms with Crippen LogP contribution in [0.2, 0.25) is 0 Å². The quantitative estimate of drug-likeness (QED) is 0.591. The molecule has 4 N–H and O–H groups in total. The molecular formula is C17H28N4O4S. The molecule has 2 atom stereocenters. The maximum absolute atomic E-state index is 11.5. The minimum absolute atomic E-state index is 0.161. The summed E-state index contributed by atoms with van der Waals surface area (Å²) in [6, 6.07) is 4.63. The molecule has 1 aromatic heterocycles. The Morgan fingerprint density at radius 3 is 2.85 bits per heavy atom. The molecule has 0 spiro atoms. The van der Waals surface area contributed by atoms with Gasteiger partial charge in [0.1, 0.15) is 5.82 Å². The van der Waals surface area contributed by atoms with Crippen LogP contribution in [0.1, 0.15) is 46.0 Å². The van der Waals surface area contributed by atoms with Crippen LogP contribution in [0.5, 0.6) is 0 Å². The largest absolute Gasteiger partial charge is 0.465 e. The molecule has 1 aliphatic rings. The highest BCUT2D eigenvalue weighted by molar-refractivity contribution is 7.89. The molecule has 0 aliphatic carbocycles. The molecule has 8 nitrogen and oxygen atoms in total. The molecule has 1 aliphatic heterocycles. The Morgan fingerprint density at radius 2 is 2.23 bits per heavy atom. The molecule has 1 saturated heterocycles. The van der Waals surface area contributed by atoms with Crippen LogP contribution in [0.3, 0.4) is 0 Å². The third kappa shape index (κ3) is 5.07. The average molecular weight is 385 g/mol. The zero-order chi connectivity index (χ0) is 19.4. The SMILES string of the molecule is CCCC1(C)CC(CCCNc2cccc(S(N)(=O)=O)n2)CN1C(=O)O. The number of nitrogens with two attached hydrogens (primary N) is 1.